The summed E-state index contributed by atoms with van der Waals surface area (Å²) in [6.07, 6.45) is 4.70. The molecule has 31 heavy (non-hydrogen) atoms. The lowest BCUT2D eigenvalue weighted by Crippen LogP contribution is -2.61. The van der Waals surface area contributed by atoms with Gasteiger partial charge < -0.3 is 15.2 Å². The summed E-state index contributed by atoms with van der Waals surface area (Å²) in [5.74, 6) is 1.12. The third-order valence-electron chi connectivity index (χ3n) is 7.49. The molecule has 2 atom stereocenters. The molecule has 0 saturated heterocycles. The van der Waals surface area contributed by atoms with E-state index in [4.69, 9.17) is 4.74 Å². The smallest absolute Gasteiger partial charge is 0.251 e. The van der Waals surface area contributed by atoms with Crippen LogP contribution >= 0.6 is 0 Å². The van der Waals surface area contributed by atoms with E-state index in [0.717, 1.165) is 32.1 Å². The van der Waals surface area contributed by atoms with Gasteiger partial charge in [0.1, 0.15) is 0 Å². The van der Waals surface area contributed by atoms with Crippen molar-refractivity contribution in [3.05, 3.63) is 70.8 Å². The van der Waals surface area contributed by atoms with Crippen molar-refractivity contribution in [1.29, 1.82) is 0 Å². The highest BCUT2D eigenvalue weighted by molar-refractivity contribution is 6.09. The Balaban J connectivity index is 1.37. The van der Waals surface area contributed by atoms with Gasteiger partial charge >= 0.3 is 0 Å². The van der Waals surface area contributed by atoms with Crippen LogP contribution in [0.1, 0.15) is 63.9 Å². The van der Waals surface area contributed by atoms with E-state index < -0.39 is 5.60 Å². The fraction of sp³-hybridized carbons (Fsp3) is 0.462. The molecular weight excluding hydrogens is 390 g/mol. The first kappa shape index (κ1) is 20.4. The van der Waals surface area contributed by atoms with Crippen molar-refractivity contribution in [2.45, 2.75) is 50.4 Å². The number of rotatable bonds is 6. The topological polar surface area (TPSA) is 75.6 Å². The summed E-state index contributed by atoms with van der Waals surface area (Å²) in [5.41, 5.74) is 1.92. The highest BCUT2D eigenvalue weighted by Crippen LogP contribution is 2.55. The quantitative estimate of drug-likeness (QED) is 0.700. The Bertz CT molecular complexity index is 986. The number of methoxy groups -OCH3 is 1. The van der Waals surface area contributed by atoms with Crippen molar-refractivity contribution < 1.29 is 19.4 Å². The lowest BCUT2D eigenvalue weighted by Gasteiger charge is -2.58. The highest BCUT2D eigenvalue weighted by Gasteiger charge is 2.55. The normalized spacial score (nSPS) is 30.9. The zero-order valence-electron chi connectivity index (χ0n) is 17.8. The number of ketones is 1. The SMILES string of the molecule is COCc1cc(C(=O)c2ccccc2)ccc1C(=O)N[C@H]1C2CC3CC1C[C@](O)(C3)C2. The van der Waals surface area contributed by atoms with Gasteiger partial charge in [0.2, 0.25) is 0 Å². The van der Waals surface area contributed by atoms with Crippen LogP contribution in [-0.2, 0) is 11.3 Å². The van der Waals surface area contributed by atoms with Gasteiger partial charge in [0, 0.05) is 29.8 Å². The van der Waals surface area contributed by atoms with Crippen LogP contribution in [0.3, 0.4) is 0 Å². The van der Waals surface area contributed by atoms with Gasteiger partial charge in [-0.2, -0.15) is 0 Å². The Morgan fingerprint density at radius 3 is 2.39 bits per heavy atom. The van der Waals surface area contributed by atoms with E-state index in [1.165, 1.54) is 0 Å². The molecule has 0 aliphatic heterocycles. The Morgan fingerprint density at radius 1 is 1.03 bits per heavy atom. The van der Waals surface area contributed by atoms with E-state index in [9.17, 15) is 14.7 Å². The Morgan fingerprint density at radius 2 is 1.74 bits per heavy atom. The highest BCUT2D eigenvalue weighted by atomic mass is 16.5. The lowest BCUT2D eigenvalue weighted by molar-refractivity contribution is -0.136. The molecule has 4 fully saturated rings. The molecule has 4 aliphatic carbocycles. The fourth-order valence-electron chi connectivity index (χ4n) is 6.43. The molecule has 5 heteroatoms. The van der Waals surface area contributed by atoms with Crippen LogP contribution < -0.4 is 5.32 Å². The van der Waals surface area contributed by atoms with Crippen LogP contribution in [-0.4, -0.2) is 35.5 Å². The summed E-state index contributed by atoms with van der Waals surface area (Å²) in [5, 5.41) is 14.1. The first-order chi connectivity index (χ1) is 15.0. The molecule has 4 saturated carbocycles. The van der Waals surface area contributed by atoms with Gasteiger partial charge in [0.05, 0.1) is 12.2 Å². The van der Waals surface area contributed by atoms with Crippen molar-refractivity contribution in [2.75, 3.05) is 7.11 Å². The summed E-state index contributed by atoms with van der Waals surface area (Å²) in [6, 6.07) is 14.5. The first-order valence-corrected chi connectivity index (χ1v) is 11.2. The molecule has 2 N–H and O–H groups in total. The van der Waals surface area contributed by atoms with E-state index >= 15 is 0 Å². The van der Waals surface area contributed by atoms with Crippen molar-refractivity contribution in [3.8, 4) is 0 Å². The van der Waals surface area contributed by atoms with E-state index in [-0.39, 0.29) is 24.3 Å². The van der Waals surface area contributed by atoms with Gasteiger partial charge in [-0.15, -0.1) is 0 Å². The lowest BCUT2D eigenvalue weighted by atomic mass is 9.52. The van der Waals surface area contributed by atoms with E-state index in [2.05, 4.69) is 5.32 Å². The molecule has 0 aromatic heterocycles. The van der Waals surface area contributed by atoms with Gasteiger partial charge in [-0.25, -0.2) is 0 Å². The first-order valence-electron chi connectivity index (χ1n) is 11.2. The molecule has 2 aromatic rings. The minimum Gasteiger partial charge on any atom is -0.390 e. The maximum absolute atomic E-state index is 13.2. The van der Waals surface area contributed by atoms with Crippen LogP contribution in [0.25, 0.3) is 0 Å². The van der Waals surface area contributed by atoms with Crippen LogP contribution in [0.5, 0.6) is 0 Å². The molecule has 1 amide bonds. The van der Waals surface area contributed by atoms with Gasteiger partial charge in [0.15, 0.2) is 5.78 Å². The number of nitrogens with one attached hydrogen (secondary N) is 1. The second-order valence-electron chi connectivity index (χ2n) is 9.69. The fourth-order valence-corrected chi connectivity index (χ4v) is 6.43. The summed E-state index contributed by atoms with van der Waals surface area (Å²) in [4.78, 5) is 26.1. The van der Waals surface area contributed by atoms with E-state index in [0.29, 0.717) is 40.0 Å². The Kier molecular flexibility index (Phi) is 5.19. The van der Waals surface area contributed by atoms with Crippen molar-refractivity contribution >= 4 is 11.7 Å². The third-order valence-corrected chi connectivity index (χ3v) is 7.49. The second-order valence-corrected chi connectivity index (χ2v) is 9.69. The molecule has 6 rings (SSSR count). The van der Waals surface area contributed by atoms with Crippen LogP contribution in [0.4, 0.5) is 0 Å². The maximum Gasteiger partial charge on any atom is 0.251 e. The van der Waals surface area contributed by atoms with E-state index in [1.54, 1.807) is 37.4 Å². The number of carbonyl (C=O) groups excluding carboxylic acids is 2. The number of amides is 1. The van der Waals surface area contributed by atoms with E-state index in [1.807, 2.05) is 18.2 Å². The average molecular weight is 420 g/mol. The average Bonchev–Trinajstić information content (AvgIpc) is 2.75. The number of benzene rings is 2. The molecular formula is C26H29NO4. The zero-order valence-corrected chi connectivity index (χ0v) is 17.8. The molecule has 4 bridgehead atoms. The van der Waals surface area contributed by atoms with Crippen LogP contribution in [0.15, 0.2) is 48.5 Å². The van der Waals surface area contributed by atoms with Gasteiger partial charge in [0.25, 0.3) is 5.91 Å². The summed E-state index contributed by atoms with van der Waals surface area (Å²) < 4.78 is 5.33. The molecule has 2 unspecified atom stereocenters. The number of ether oxygens (including phenoxy) is 1. The summed E-state index contributed by atoms with van der Waals surface area (Å²) in [7, 11) is 1.59. The standard InChI is InChI=1S/C26H29NO4/c1-31-15-21-11-18(24(28)17-5-3-2-4-6-17)7-8-22(21)25(29)27-23-19-9-16-10-20(23)14-26(30,12-16)13-19/h2-8,11,16,19-20,23,30H,9-10,12-15H2,1H3,(H,27,29)/t16?,19?,20?,23-,26-. The number of hydrogen-bond donors (Lipinski definition) is 2. The Labute approximate surface area is 182 Å². The minimum absolute atomic E-state index is 0.0702. The Hall–Kier alpha value is -2.50. The molecule has 5 nitrogen and oxygen atoms in total. The number of hydrogen-bond acceptors (Lipinski definition) is 4. The third kappa shape index (κ3) is 3.81. The largest absolute Gasteiger partial charge is 0.390 e. The summed E-state index contributed by atoms with van der Waals surface area (Å²) in [6.45, 7) is 0.262. The van der Waals surface area contributed by atoms with Gasteiger partial charge in [-0.1, -0.05) is 36.4 Å². The van der Waals surface area contributed by atoms with Crippen molar-refractivity contribution in [1.82, 2.24) is 5.32 Å². The minimum atomic E-state index is -0.515. The predicted molar refractivity (Wildman–Crippen MR) is 117 cm³/mol. The predicted octanol–water partition coefficient (Wildman–Crippen LogP) is 3.73. The molecule has 4 aliphatic rings. The van der Waals surface area contributed by atoms with Gasteiger partial charge in [-0.3, -0.25) is 9.59 Å². The molecule has 0 radical (unpaired) electrons. The molecule has 0 heterocycles. The maximum atomic E-state index is 13.2. The molecule has 2 aromatic carbocycles. The molecule has 162 valence electrons. The van der Waals surface area contributed by atoms with Crippen molar-refractivity contribution in [3.63, 3.8) is 0 Å². The monoisotopic (exact) mass is 419 g/mol. The molecule has 0 spiro atoms. The van der Waals surface area contributed by atoms with Crippen LogP contribution in [0, 0.1) is 17.8 Å². The number of carbonyl (C=O) groups is 2. The van der Waals surface area contributed by atoms with Gasteiger partial charge in [-0.05, 0) is 67.6 Å². The van der Waals surface area contributed by atoms with Crippen molar-refractivity contribution in [2.24, 2.45) is 17.8 Å². The zero-order chi connectivity index (χ0) is 21.6. The van der Waals surface area contributed by atoms with Crippen LogP contribution in [0.2, 0.25) is 0 Å². The number of aliphatic hydroxyl groups is 1. The second kappa shape index (κ2) is 7.88. The summed E-state index contributed by atoms with van der Waals surface area (Å²) >= 11 is 0.